The van der Waals surface area contributed by atoms with Crippen LogP contribution in [0.1, 0.15) is 23.0 Å². The number of nitrogens with zero attached hydrogens (tertiary/aromatic N) is 2. The SMILES string of the molecule is CCc1nn(C)cc1Nc1ccc(C(=O)O)cc1F. The topological polar surface area (TPSA) is 67.2 Å². The molecule has 1 aromatic carbocycles. The number of aryl methyl sites for hydroxylation is 2. The lowest BCUT2D eigenvalue weighted by Crippen LogP contribution is -2.00. The fraction of sp³-hybridized carbons (Fsp3) is 0.231. The standard InChI is InChI=1S/C13H14FN3O2/c1-3-10-12(7-17(2)16-10)15-11-5-4-8(13(18)19)6-9(11)14/h4-7,15H,3H2,1-2H3,(H,18,19). The molecule has 2 aromatic rings. The van der Waals surface area contributed by atoms with Gasteiger partial charge in [-0.2, -0.15) is 5.10 Å². The smallest absolute Gasteiger partial charge is 0.335 e. The summed E-state index contributed by atoms with van der Waals surface area (Å²) >= 11 is 0. The lowest BCUT2D eigenvalue weighted by atomic mass is 10.2. The Labute approximate surface area is 109 Å². The van der Waals surface area contributed by atoms with Crippen molar-refractivity contribution in [2.45, 2.75) is 13.3 Å². The van der Waals surface area contributed by atoms with Gasteiger partial charge in [-0.1, -0.05) is 6.92 Å². The van der Waals surface area contributed by atoms with Gasteiger partial charge in [0.1, 0.15) is 5.82 Å². The van der Waals surface area contributed by atoms with Gasteiger partial charge in [0, 0.05) is 13.2 Å². The van der Waals surface area contributed by atoms with E-state index in [0.29, 0.717) is 5.69 Å². The molecule has 1 aromatic heterocycles. The minimum absolute atomic E-state index is 0.0787. The van der Waals surface area contributed by atoms with Crippen molar-refractivity contribution in [1.82, 2.24) is 9.78 Å². The first kappa shape index (κ1) is 13.1. The molecule has 19 heavy (non-hydrogen) atoms. The van der Waals surface area contributed by atoms with Gasteiger partial charge in [0.05, 0.1) is 22.6 Å². The monoisotopic (exact) mass is 263 g/mol. The molecule has 0 unspecified atom stereocenters. The van der Waals surface area contributed by atoms with Crippen molar-refractivity contribution in [3.8, 4) is 0 Å². The van der Waals surface area contributed by atoms with E-state index in [2.05, 4.69) is 10.4 Å². The predicted octanol–water partition coefficient (Wildman–Crippen LogP) is 2.56. The Morgan fingerprint density at radius 2 is 2.21 bits per heavy atom. The van der Waals surface area contributed by atoms with Crippen molar-refractivity contribution < 1.29 is 14.3 Å². The summed E-state index contributed by atoms with van der Waals surface area (Å²) in [5.41, 5.74) is 1.69. The highest BCUT2D eigenvalue weighted by molar-refractivity contribution is 5.88. The van der Waals surface area contributed by atoms with Crippen molar-refractivity contribution in [2.24, 2.45) is 7.05 Å². The first-order valence-electron chi connectivity index (χ1n) is 5.83. The molecule has 0 aliphatic rings. The van der Waals surface area contributed by atoms with Crippen LogP contribution in [0, 0.1) is 5.82 Å². The molecule has 2 rings (SSSR count). The molecule has 0 saturated heterocycles. The number of halogens is 1. The number of benzene rings is 1. The first-order chi connectivity index (χ1) is 9.01. The zero-order chi connectivity index (χ0) is 14.0. The van der Waals surface area contributed by atoms with E-state index in [1.54, 1.807) is 17.9 Å². The van der Waals surface area contributed by atoms with Gasteiger partial charge in [-0.3, -0.25) is 4.68 Å². The van der Waals surface area contributed by atoms with Gasteiger partial charge in [-0.15, -0.1) is 0 Å². The molecule has 100 valence electrons. The van der Waals surface area contributed by atoms with Gasteiger partial charge in [-0.25, -0.2) is 9.18 Å². The van der Waals surface area contributed by atoms with E-state index in [-0.39, 0.29) is 11.3 Å². The Balaban J connectivity index is 2.30. The highest BCUT2D eigenvalue weighted by Crippen LogP contribution is 2.23. The summed E-state index contributed by atoms with van der Waals surface area (Å²) in [6.45, 7) is 1.96. The number of nitrogens with one attached hydrogen (secondary N) is 1. The van der Waals surface area contributed by atoms with Crippen LogP contribution in [-0.2, 0) is 13.5 Å². The van der Waals surface area contributed by atoms with Crippen molar-refractivity contribution in [2.75, 3.05) is 5.32 Å². The van der Waals surface area contributed by atoms with Crippen molar-refractivity contribution in [1.29, 1.82) is 0 Å². The zero-order valence-corrected chi connectivity index (χ0v) is 10.6. The van der Waals surface area contributed by atoms with Crippen LogP contribution in [0.3, 0.4) is 0 Å². The van der Waals surface area contributed by atoms with E-state index in [4.69, 9.17) is 5.11 Å². The molecular weight excluding hydrogens is 249 g/mol. The van der Waals surface area contributed by atoms with Gasteiger partial charge in [0.25, 0.3) is 0 Å². The van der Waals surface area contributed by atoms with Gasteiger partial charge in [-0.05, 0) is 24.6 Å². The largest absolute Gasteiger partial charge is 0.478 e. The molecule has 0 aliphatic carbocycles. The van der Waals surface area contributed by atoms with E-state index in [9.17, 15) is 9.18 Å². The average molecular weight is 263 g/mol. The van der Waals surface area contributed by atoms with E-state index in [1.165, 1.54) is 12.1 Å². The quantitative estimate of drug-likeness (QED) is 0.889. The molecule has 2 N–H and O–H groups in total. The normalized spacial score (nSPS) is 10.5. The molecule has 0 fully saturated rings. The van der Waals surface area contributed by atoms with Crippen LogP contribution < -0.4 is 5.32 Å². The predicted molar refractivity (Wildman–Crippen MR) is 69.2 cm³/mol. The van der Waals surface area contributed by atoms with E-state index >= 15 is 0 Å². The number of carboxylic acids is 1. The lowest BCUT2D eigenvalue weighted by molar-refractivity contribution is 0.0696. The molecule has 6 heteroatoms. The summed E-state index contributed by atoms with van der Waals surface area (Å²) in [6, 6.07) is 3.76. The molecule has 0 spiro atoms. The summed E-state index contributed by atoms with van der Waals surface area (Å²) in [4.78, 5) is 10.7. The second-order valence-corrected chi connectivity index (χ2v) is 4.14. The third-order valence-corrected chi connectivity index (χ3v) is 2.73. The molecule has 0 radical (unpaired) electrons. The molecular formula is C13H14FN3O2. The van der Waals surface area contributed by atoms with E-state index in [1.807, 2.05) is 6.92 Å². The number of anilines is 2. The zero-order valence-electron chi connectivity index (χ0n) is 10.6. The molecule has 0 amide bonds. The average Bonchev–Trinajstić information content (AvgIpc) is 2.71. The third-order valence-electron chi connectivity index (χ3n) is 2.73. The molecule has 0 saturated carbocycles. The van der Waals surface area contributed by atoms with Gasteiger partial charge in [0.2, 0.25) is 0 Å². The molecule has 5 nitrogen and oxygen atoms in total. The second kappa shape index (κ2) is 5.09. The highest BCUT2D eigenvalue weighted by atomic mass is 19.1. The van der Waals surface area contributed by atoms with Crippen molar-refractivity contribution >= 4 is 17.3 Å². The Morgan fingerprint density at radius 3 is 2.79 bits per heavy atom. The maximum atomic E-state index is 13.8. The van der Waals surface area contributed by atoms with Crippen molar-refractivity contribution in [3.05, 3.63) is 41.5 Å². The van der Waals surface area contributed by atoms with Crippen LogP contribution in [0.25, 0.3) is 0 Å². The molecule has 0 atom stereocenters. The van der Waals surface area contributed by atoms with Crippen LogP contribution in [-0.4, -0.2) is 20.9 Å². The van der Waals surface area contributed by atoms with E-state index < -0.39 is 11.8 Å². The molecule has 0 aliphatic heterocycles. The summed E-state index contributed by atoms with van der Waals surface area (Å²) < 4.78 is 15.4. The van der Waals surface area contributed by atoms with Crippen LogP contribution >= 0.6 is 0 Å². The number of carboxylic acid groups (broad SMARTS) is 1. The third kappa shape index (κ3) is 2.73. The Bertz CT molecular complexity index is 622. The van der Waals surface area contributed by atoms with Gasteiger partial charge >= 0.3 is 5.97 Å². The minimum Gasteiger partial charge on any atom is -0.478 e. The summed E-state index contributed by atoms with van der Waals surface area (Å²) in [6.07, 6.45) is 2.47. The Kier molecular flexibility index (Phi) is 3.50. The van der Waals surface area contributed by atoms with Crippen LogP contribution in [0.5, 0.6) is 0 Å². The summed E-state index contributed by atoms with van der Waals surface area (Å²) in [5, 5.41) is 15.9. The Morgan fingerprint density at radius 1 is 1.47 bits per heavy atom. The van der Waals surface area contributed by atoms with Gasteiger partial charge in [0.15, 0.2) is 0 Å². The van der Waals surface area contributed by atoms with Crippen molar-refractivity contribution in [3.63, 3.8) is 0 Å². The van der Waals surface area contributed by atoms with Crippen LogP contribution in [0.2, 0.25) is 0 Å². The number of aromatic carboxylic acids is 1. The Hall–Kier alpha value is -2.37. The number of aromatic nitrogens is 2. The van der Waals surface area contributed by atoms with Crippen LogP contribution in [0.4, 0.5) is 15.8 Å². The second-order valence-electron chi connectivity index (χ2n) is 4.14. The minimum atomic E-state index is -1.15. The number of hydrogen-bond donors (Lipinski definition) is 2. The molecule has 1 heterocycles. The van der Waals surface area contributed by atoms with E-state index in [0.717, 1.165) is 18.2 Å². The number of rotatable bonds is 4. The highest BCUT2D eigenvalue weighted by Gasteiger charge is 2.11. The van der Waals surface area contributed by atoms with Gasteiger partial charge < -0.3 is 10.4 Å². The fourth-order valence-corrected chi connectivity index (χ4v) is 1.79. The first-order valence-corrected chi connectivity index (χ1v) is 5.83. The summed E-state index contributed by atoms with van der Waals surface area (Å²) in [5.74, 6) is -1.76. The summed E-state index contributed by atoms with van der Waals surface area (Å²) in [7, 11) is 1.79. The van der Waals surface area contributed by atoms with Crippen LogP contribution in [0.15, 0.2) is 24.4 Å². The maximum Gasteiger partial charge on any atom is 0.335 e. The maximum absolute atomic E-state index is 13.8. The number of carbonyl (C=O) groups is 1. The molecule has 0 bridgehead atoms. The lowest BCUT2D eigenvalue weighted by Gasteiger charge is -2.07. The fourth-order valence-electron chi connectivity index (χ4n) is 1.79. The number of hydrogen-bond acceptors (Lipinski definition) is 3.